The number of piperazine rings is 1. The van der Waals surface area contributed by atoms with Gasteiger partial charge in [0.25, 0.3) is 0 Å². The minimum absolute atomic E-state index is 0.0500. The van der Waals surface area contributed by atoms with Gasteiger partial charge in [-0.3, -0.25) is 14.5 Å². The van der Waals surface area contributed by atoms with Crippen molar-refractivity contribution >= 4 is 28.5 Å². The lowest BCUT2D eigenvalue weighted by Crippen LogP contribution is -2.48. The van der Waals surface area contributed by atoms with E-state index in [4.69, 9.17) is 4.74 Å². The van der Waals surface area contributed by atoms with Gasteiger partial charge in [0.05, 0.1) is 24.4 Å². The Morgan fingerprint density at radius 1 is 1.17 bits per heavy atom. The Labute approximate surface area is 167 Å². The molecule has 0 radical (unpaired) electrons. The van der Waals surface area contributed by atoms with Crippen LogP contribution in [0, 0.1) is 5.82 Å². The number of esters is 1. The standard InChI is InChI=1S/C20H24FN3O5/c1-3-23-11-14(20(27)28)19(26)13-9-15(21)17(10-16(13)23)24-7-5-22(6-8-24)12-18(25)29-4-2/h9-11H,3-8,12H2,1-2H3,(H,27,28). The van der Waals surface area contributed by atoms with Crippen molar-refractivity contribution in [3.63, 3.8) is 0 Å². The van der Waals surface area contributed by atoms with Crippen LogP contribution in [-0.4, -0.2) is 65.8 Å². The fourth-order valence-electron chi connectivity index (χ4n) is 3.59. The van der Waals surface area contributed by atoms with Gasteiger partial charge in [-0.1, -0.05) is 0 Å². The summed E-state index contributed by atoms with van der Waals surface area (Å²) in [5, 5.41) is 9.29. The van der Waals surface area contributed by atoms with Crippen LogP contribution in [-0.2, 0) is 16.1 Å². The highest BCUT2D eigenvalue weighted by molar-refractivity contribution is 5.93. The number of carboxylic acids is 1. The molecule has 1 saturated heterocycles. The predicted molar refractivity (Wildman–Crippen MR) is 106 cm³/mol. The number of anilines is 1. The quantitative estimate of drug-likeness (QED) is 0.729. The Morgan fingerprint density at radius 2 is 1.86 bits per heavy atom. The van der Waals surface area contributed by atoms with E-state index in [1.165, 1.54) is 6.20 Å². The molecule has 8 nitrogen and oxygen atoms in total. The topological polar surface area (TPSA) is 92.1 Å². The maximum atomic E-state index is 14.8. The molecular formula is C20H24FN3O5. The smallest absolute Gasteiger partial charge is 0.341 e. The van der Waals surface area contributed by atoms with Crippen LogP contribution < -0.4 is 10.3 Å². The number of pyridine rings is 1. The number of benzene rings is 1. The van der Waals surface area contributed by atoms with Gasteiger partial charge in [0.2, 0.25) is 5.43 Å². The fourth-order valence-corrected chi connectivity index (χ4v) is 3.59. The Bertz CT molecular complexity index is 996. The first-order chi connectivity index (χ1) is 13.8. The van der Waals surface area contributed by atoms with Crippen LogP contribution >= 0.6 is 0 Å². The number of aromatic nitrogens is 1. The zero-order chi connectivity index (χ0) is 21.1. The molecule has 156 valence electrons. The number of nitrogens with zero attached hydrogens (tertiary/aromatic N) is 3. The molecule has 1 fully saturated rings. The summed E-state index contributed by atoms with van der Waals surface area (Å²) in [4.78, 5) is 39.2. The molecule has 0 saturated carbocycles. The Hall–Kier alpha value is -2.94. The van der Waals surface area contributed by atoms with E-state index >= 15 is 0 Å². The second-order valence-electron chi connectivity index (χ2n) is 6.85. The molecule has 0 aliphatic carbocycles. The fraction of sp³-hybridized carbons (Fsp3) is 0.450. The van der Waals surface area contributed by atoms with Crippen LogP contribution in [0.4, 0.5) is 10.1 Å². The van der Waals surface area contributed by atoms with E-state index in [1.807, 2.05) is 16.7 Å². The van der Waals surface area contributed by atoms with Crippen molar-refractivity contribution in [1.82, 2.24) is 9.47 Å². The molecule has 0 spiro atoms. The van der Waals surface area contributed by atoms with E-state index in [0.717, 1.165) is 6.07 Å². The molecule has 0 atom stereocenters. The molecule has 1 aromatic heterocycles. The Kier molecular flexibility index (Phi) is 6.17. The van der Waals surface area contributed by atoms with Crippen LogP contribution in [0.5, 0.6) is 0 Å². The molecule has 2 aromatic rings. The summed E-state index contributed by atoms with van der Waals surface area (Å²) in [7, 11) is 0. The van der Waals surface area contributed by atoms with Crippen molar-refractivity contribution in [2.45, 2.75) is 20.4 Å². The minimum atomic E-state index is -1.33. The van der Waals surface area contributed by atoms with E-state index in [2.05, 4.69) is 0 Å². The molecule has 29 heavy (non-hydrogen) atoms. The summed E-state index contributed by atoms with van der Waals surface area (Å²) in [5.41, 5.74) is -0.216. The Morgan fingerprint density at radius 3 is 2.45 bits per heavy atom. The third kappa shape index (κ3) is 4.24. The van der Waals surface area contributed by atoms with Gasteiger partial charge in [0.15, 0.2) is 0 Å². The largest absolute Gasteiger partial charge is 0.477 e. The van der Waals surface area contributed by atoms with Gasteiger partial charge in [0, 0.05) is 44.3 Å². The number of carboxylic acid groups (broad SMARTS) is 1. The van der Waals surface area contributed by atoms with Gasteiger partial charge in [0.1, 0.15) is 11.4 Å². The van der Waals surface area contributed by atoms with E-state index < -0.39 is 17.2 Å². The van der Waals surface area contributed by atoms with Crippen molar-refractivity contribution in [2.24, 2.45) is 0 Å². The van der Waals surface area contributed by atoms with E-state index in [9.17, 15) is 23.9 Å². The van der Waals surface area contributed by atoms with Gasteiger partial charge in [-0.05, 0) is 26.0 Å². The number of hydrogen-bond acceptors (Lipinski definition) is 6. The molecule has 1 aromatic carbocycles. The summed E-state index contributed by atoms with van der Waals surface area (Å²) in [5.74, 6) is -2.18. The van der Waals surface area contributed by atoms with Gasteiger partial charge >= 0.3 is 11.9 Å². The number of fused-ring (bicyclic) bond motifs is 1. The van der Waals surface area contributed by atoms with Gasteiger partial charge in [-0.2, -0.15) is 0 Å². The summed E-state index contributed by atoms with van der Waals surface area (Å²) >= 11 is 0. The first kappa shape index (κ1) is 20.8. The summed E-state index contributed by atoms with van der Waals surface area (Å²) in [6, 6.07) is 2.72. The number of ether oxygens (including phenoxy) is 1. The monoisotopic (exact) mass is 405 g/mol. The average molecular weight is 405 g/mol. The number of hydrogen-bond donors (Lipinski definition) is 1. The number of carbonyl (C=O) groups excluding carboxylic acids is 1. The highest BCUT2D eigenvalue weighted by atomic mass is 19.1. The minimum Gasteiger partial charge on any atom is -0.477 e. The highest BCUT2D eigenvalue weighted by Crippen LogP contribution is 2.26. The first-order valence-electron chi connectivity index (χ1n) is 9.58. The molecular weight excluding hydrogens is 381 g/mol. The van der Waals surface area contributed by atoms with E-state index in [1.54, 1.807) is 17.6 Å². The molecule has 0 bridgehead atoms. The SMILES string of the molecule is CCOC(=O)CN1CCN(c2cc3c(cc2F)c(=O)c(C(=O)O)cn3CC)CC1. The molecule has 0 amide bonds. The lowest BCUT2D eigenvalue weighted by molar-refractivity contribution is -0.144. The van der Waals surface area contributed by atoms with Crippen LogP contribution in [0.2, 0.25) is 0 Å². The summed E-state index contributed by atoms with van der Waals surface area (Å²) in [6.07, 6.45) is 1.30. The van der Waals surface area contributed by atoms with E-state index in [0.29, 0.717) is 50.5 Å². The normalized spacial score (nSPS) is 14.9. The van der Waals surface area contributed by atoms with Crippen molar-refractivity contribution in [1.29, 1.82) is 0 Å². The highest BCUT2D eigenvalue weighted by Gasteiger charge is 2.23. The van der Waals surface area contributed by atoms with Crippen molar-refractivity contribution in [3.05, 3.63) is 39.9 Å². The predicted octanol–water partition coefficient (Wildman–Crippen LogP) is 1.54. The van der Waals surface area contributed by atoms with Crippen LogP contribution in [0.15, 0.2) is 23.1 Å². The van der Waals surface area contributed by atoms with Crippen molar-refractivity contribution in [2.75, 3.05) is 44.2 Å². The van der Waals surface area contributed by atoms with Crippen molar-refractivity contribution in [3.8, 4) is 0 Å². The molecule has 1 N–H and O–H groups in total. The van der Waals surface area contributed by atoms with Gasteiger partial charge in [-0.25, -0.2) is 9.18 Å². The number of rotatable bonds is 6. The molecule has 0 unspecified atom stereocenters. The zero-order valence-electron chi connectivity index (χ0n) is 16.5. The number of halogens is 1. The average Bonchev–Trinajstić information content (AvgIpc) is 2.69. The molecule has 9 heteroatoms. The maximum Gasteiger partial charge on any atom is 0.341 e. The molecule has 3 rings (SSSR count). The van der Waals surface area contributed by atoms with E-state index in [-0.39, 0.29) is 23.5 Å². The molecule has 1 aliphatic heterocycles. The van der Waals surface area contributed by atoms with Crippen LogP contribution in [0.3, 0.4) is 0 Å². The number of aryl methyl sites for hydroxylation is 1. The summed E-state index contributed by atoms with van der Waals surface area (Å²) in [6.45, 7) is 6.76. The Balaban J connectivity index is 1.89. The molecule has 2 heterocycles. The van der Waals surface area contributed by atoms with Crippen LogP contribution in [0.25, 0.3) is 10.9 Å². The third-order valence-electron chi connectivity index (χ3n) is 5.09. The lowest BCUT2D eigenvalue weighted by atomic mass is 10.1. The third-order valence-corrected chi connectivity index (χ3v) is 5.09. The lowest BCUT2D eigenvalue weighted by Gasteiger charge is -2.35. The second kappa shape index (κ2) is 8.60. The first-order valence-corrected chi connectivity index (χ1v) is 9.58. The number of aromatic carboxylic acids is 1. The van der Waals surface area contributed by atoms with Gasteiger partial charge in [-0.15, -0.1) is 0 Å². The summed E-state index contributed by atoms with van der Waals surface area (Å²) < 4.78 is 21.4. The van der Waals surface area contributed by atoms with Gasteiger partial charge < -0.3 is 19.3 Å². The second-order valence-corrected chi connectivity index (χ2v) is 6.85. The van der Waals surface area contributed by atoms with Crippen LogP contribution in [0.1, 0.15) is 24.2 Å². The molecule has 1 aliphatic rings. The zero-order valence-corrected chi connectivity index (χ0v) is 16.5. The maximum absolute atomic E-state index is 14.8. The van der Waals surface area contributed by atoms with Crippen molar-refractivity contribution < 1.29 is 23.8 Å². The number of carbonyl (C=O) groups is 2.